The second kappa shape index (κ2) is 9.14. The maximum Gasteiger partial charge on any atom is 0.257 e. The predicted octanol–water partition coefficient (Wildman–Crippen LogP) is 4.92. The number of nitrogens with one attached hydrogen (secondary N) is 2. The molecule has 0 unspecified atom stereocenters. The van der Waals surface area contributed by atoms with E-state index in [2.05, 4.69) is 35.7 Å². The number of nitrogens with zero attached hydrogens (tertiary/aromatic N) is 1. The maximum absolute atomic E-state index is 12.8. The zero-order valence-corrected chi connectivity index (χ0v) is 19.4. The molecule has 3 rings (SSSR count). The molecule has 0 radical (unpaired) electrons. The van der Waals surface area contributed by atoms with Gasteiger partial charge in [-0.15, -0.1) is 0 Å². The first-order valence-corrected chi connectivity index (χ1v) is 12.1. The second-order valence-electron chi connectivity index (χ2n) is 7.54. The zero-order valence-electron chi connectivity index (χ0n) is 17.1. The van der Waals surface area contributed by atoms with E-state index in [-0.39, 0.29) is 26.5 Å². The van der Waals surface area contributed by atoms with Gasteiger partial charge in [0.1, 0.15) is 4.90 Å². The number of amides is 1. The first-order valence-electron chi connectivity index (χ1n) is 9.81. The van der Waals surface area contributed by atoms with E-state index < -0.39 is 15.9 Å². The van der Waals surface area contributed by atoms with Gasteiger partial charge in [-0.3, -0.25) is 4.79 Å². The maximum atomic E-state index is 12.8. The van der Waals surface area contributed by atoms with Gasteiger partial charge in [0.2, 0.25) is 10.0 Å². The van der Waals surface area contributed by atoms with Crippen molar-refractivity contribution in [1.29, 1.82) is 0 Å². The molecule has 0 aliphatic heterocycles. The highest BCUT2D eigenvalue weighted by molar-refractivity contribution is 7.89. The van der Waals surface area contributed by atoms with Crippen LogP contribution in [0.3, 0.4) is 0 Å². The molecule has 0 heterocycles. The van der Waals surface area contributed by atoms with Crippen LogP contribution in [0.1, 0.15) is 44.0 Å². The van der Waals surface area contributed by atoms with Crippen LogP contribution in [0.4, 0.5) is 11.4 Å². The quantitative estimate of drug-likeness (QED) is 0.574. The van der Waals surface area contributed by atoms with Crippen LogP contribution in [0.2, 0.25) is 10.0 Å². The normalized spacial score (nSPS) is 14.1. The second-order valence-corrected chi connectivity index (χ2v) is 10.0. The summed E-state index contributed by atoms with van der Waals surface area (Å²) >= 11 is 12.3. The summed E-state index contributed by atoms with van der Waals surface area (Å²) in [7, 11) is -3.83. The molecule has 1 amide bonds. The summed E-state index contributed by atoms with van der Waals surface area (Å²) in [6.45, 7) is 7.19. The molecule has 0 bridgehead atoms. The average Bonchev–Trinajstić information content (AvgIpc) is 3.46. The molecule has 1 fully saturated rings. The van der Waals surface area contributed by atoms with Crippen molar-refractivity contribution in [1.82, 2.24) is 4.72 Å². The third kappa shape index (κ3) is 5.27. The van der Waals surface area contributed by atoms with Crippen LogP contribution in [0.5, 0.6) is 0 Å². The summed E-state index contributed by atoms with van der Waals surface area (Å²) in [5.41, 5.74) is 1.67. The lowest BCUT2D eigenvalue weighted by Crippen LogP contribution is -2.30. The van der Waals surface area contributed by atoms with Crippen LogP contribution in [0.25, 0.3) is 0 Å². The molecule has 30 heavy (non-hydrogen) atoms. The number of carbonyl (C=O) groups is 1. The van der Waals surface area contributed by atoms with Gasteiger partial charge in [-0.1, -0.05) is 23.2 Å². The van der Waals surface area contributed by atoms with Crippen molar-refractivity contribution >= 4 is 50.5 Å². The van der Waals surface area contributed by atoms with Crippen molar-refractivity contribution < 1.29 is 13.2 Å². The molecule has 1 aliphatic rings. The molecule has 2 N–H and O–H groups in total. The Morgan fingerprint density at radius 3 is 2.30 bits per heavy atom. The highest BCUT2D eigenvalue weighted by Crippen LogP contribution is 2.31. The lowest BCUT2D eigenvalue weighted by atomic mass is 10.2. The molecule has 2 aromatic carbocycles. The topological polar surface area (TPSA) is 78.5 Å². The summed E-state index contributed by atoms with van der Waals surface area (Å²) in [6.07, 6.45) is 1.58. The molecule has 0 spiro atoms. The first-order chi connectivity index (χ1) is 14.1. The Bertz CT molecular complexity index is 1040. The summed E-state index contributed by atoms with van der Waals surface area (Å²) in [4.78, 5) is 14.9. The standard InChI is InChI=1S/C21H25Cl2N3O3S/c1-4-26(13(2)3)16-9-7-14(8-10-16)24-21(27)17-11-20(19(23)12-18(17)22)30(28,29)25-15-5-6-15/h7-13,15,25H,4-6H2,1-3H3,(H,24,27). The summed E-state index contributed by atoms with van der Waals surface area (Å²) in [6, 6.07) is 10.2. The molecule has 9 heteroatoms. The van der Waals surface area contributed by atoms with Crippen LogP contribution >= 0.6 is 23.2 Å². The minimum Gasteiger partial charge on any atom is -0.369 e. The Kier molecular flexibility index (Phi) is 6.97. The van der Waals surface area contributed by atoms with Crippen molar-refractivity contribution in [2.24, 2.45) is 0 Å². The molecule has 2 aromatic rings. The van der Waals surface area contributed by atoms with Crippen molar-refractivity contribution in [3.63, 3.8) is 0 Å². The summed E-state index contributed by atoms with van der Waals surface area (Å²) in [5, 5.41) is 2.82. The van der Waals surface area contributed by atoms with Gasteiger partial charge < -0.3 is 10.2 Å². The van der Waals surface area contributed by atoms with Gasteiger partial charge in [0, 0.05) is 30.0 Å². The van der Waals surface area contributed by atoms with E-state index in [0.717, 1.165) is 25.1 Å². The molecule has 6 nitrogen and oxygen atoms in total. The smallest absolute Gasteiger partial charge is 0.257 e. The van der Waals surface area contributed by atoms with E-state index in [9.17, 15) is 13.2 Å². The van der Waals surface area contributed by atoms with Gasteiger partial charge in [-0.2, -0.15) is 0 Å². The minimum absolute atomic E-state index is 0.0256. The number of anilines is 2. The van der Waals surface area contributed by atoms with E-state index in [1.54, 1.807) is 12.1 Å². The Labute approximate surface area is 187 Å². The lowest BCUT2D eigenvalue weighted by Gasteiger charge is -2.27. The Hall–Kier alpha value is -1.80. The SMILES string of the molecule is CCN(c1ccc(NC(=O)c2cc(S(=O)(=O)NC3CC3)c(Cl)cc2Cl)cc1)C(C)C. The Morgan fingerprint density at radius 2 is 1.77 bits per heavy atom. The summed E-state index contributed by atoms with van der Waals surface area (Å²) in [5.74, 6) is -0.511. The molecule has 0 atom stereocenters. The molecular formula is C21H25Cl2N3O3S. The molecule has 0 saturated heterocycles. The number of rotatable bonds is 8. The number of halogens is 2. The van der Waals surface area contributed by atoms with E-state index in [4.69, 9.17) is 23.2 Å². The van der Waals surface area contributed by atoms with E-state index in [1.807, 2.05) is 12.1 Å². The fraction of sp³-hybridized carbons (Fsp3) is 0.381. The van der Waals surface area contributed by atoms with Gasteiger partial charge in [0.05, 0.1) is 15.6 Å². The highest BCUT2D eigenvalue weighted by Gasteiger charge is 2.30. The molecular weight excluding hydrogens is 445 g/mol. The van der Waals surface area contributed by atoms with E-state index in [1.165, 1.54) is 12.1 Å². The third-order valence-corrected chi connectivity index (χ3v) is 7.17. The van der Waals surface area contributed by atoms with Gasteiger partial charge in [0.25, 0.3) is 5.91 Å². The third-order valence-electron chi connectivity index (χ3n) is 4.88. The van der Waals surface area contributed by atoms with Crippen LogP contribution in [-0.4, -0.2) is 33.0 Å². The van der Waals surface area contributed by atoms with Gasteiger partial charge in [-0.25, -0.2) is 13.1 Å². The van der Waals surface area contributed by atoms with Gasteiger partial charge >= 0.3 is 0 Å². The molecule has 1 aliphatic carbocycles. The molecule has 1 saturated carbocycles. The van der Waals surface area contributed by atoms with Crippen LogP contribution in [-0.2, 0) is 10.0 Å². The average molecular weight is 470 g/mol. The van der Waals surface area contributed by atoms with Crippen molar-refractivity contribution in [2.45, 2.75) is 50.6 Å². The number of hydrogen-bond donors (Lipinski definition) is 2. The van der Waals surface area contributed by atoms with Crippen LogP contribution < -0.4 is 14.9 Å². The largest absolute Gasteiger partial charge is 0.369 e. The van der Waals surface area contributed by atoms with Crippen LogP contribution in [0, 0.1) is 0 Å². The lowest BCUT2D eigenvalue weighted by molar-refractivity contribution is 0.102. The molecule has 0 aromatic heterocycles. The van der Waals surface area contributed by atoms with E-state index >= 15 is 0 Å². The Balaban J connectivity index is 1.82. The Morgan fingerprint density at radius 1 is 1.13 bits per heavy atom. The van der Waals surface area contributed by atoms with Crippen molar-refractivity contribution in [3.05, 3.63) is 52.0 Å². The van der Waals surface area contributed by atoms with Gasteiger partial charge in [-0.05, 0) is 70.0 Å². The summed E-state index contributed by atoms with van der Waals surface area (Å²) < 4.78 is 27.7. The monoisotopic (exact) mass is 469 g/mol. The fourth-order valence-corrected chi connectivity index (χ4v) is 5.34. The van der Waals surface area contributed by atoms with Crippen molar-refractivity contribution in [3.8, 4) is 0 Å². The number of hydrogen-bond acceptors (Lipinski definition) is 4. The van der Waals surface area contributed by atoms with Crippen molar-refractivity contribution in [2.75, 3.05) is 16.8 Å². The highest BCUT2D eigenvalue weighted by atomic mass is 35.5. The predicted molar refractivity (Wildman–Crippen MR) is 122 cm³/mol. The number of sulfonamides is 1. The fourth-order valence-electron chi connectivity index (χ4n) is 3.17. The minimum atomic E-state index is -3.83. The first kappa shape index (κ1) is 22.9. The zero-order chi connectivity index (χ0) is 22.1. The van der Waals surface area contributed by atoms with Gasteiger partial charge in [0.15, 0.2) is 0 Å². The molecule has 162 valence electrons. The van der Waals surface area contributed by atoms with Crippen LogP contribution in [0.15, 0.2) is 41.3 Å². The number of carbonyl (C=O) groups excluding carboxylic acids is 1. The number of benzene rings is 2. The van der Waals surface area contributed by atoms with E-state index in [0.29, 0.717) is 11.7 Å².